The Morgan fingerprint density at radius 3 is 2.86 bits per heavy atom. The Kier molecular flexibility index (Phi) is 6.94. The SMILES string of the molecule is Cc1ccc(NC(=O)CCNCCC2=CCCCC2)cc1Cl. The molecule has 1 aliphatic carbocycles. The molecule has 2 N–H and O–H groups in total. The van der Waals surface area contributed by atoms with Gasteiger partial charge in [-0.2, -0.15) is 0 Å². The molecule has 0 saturated heterocycles. The maximum Gasteiger partial charge on any atom is 0.225 e. The molecule has 1 aromatic carbocycles. The molecule has 0 aliphatic heterocycles. The summed E-state index contributed by atoms with van der Waals surface area (Å²) in [5.41, 5.74) is 3.34. The Hall–Kier alpha value is -1.32. The van der Waals surface area contributed by atoms with E-state index in [1.807, 2.05) is 19.1 Å². The standard InChI is InChI=1S/C18H25ClN2O/c1-14-7-8-16(13-17(14)19)21-18(22)10-12-20-11-9-15-5-3-2-4-6-15/h5,7-8,13,20H,2-4,6,9-12H2,1H3,(H,21,22). The van der Waals surface area contributed by atoms with Gasteiger partial charge in [0.15, 0.2) is 0 Å². The molecule has 0 fully saturated rings. The van der Waals surface area contributed by atoms with E-state index < -0.39 is 0 Å². The first kappa shape index (κ1) is 17.0. The molecule has 1 amide bonds. The highest BCUT2D eigenvalue weighted by Gasteiger charge is 2.05. The largest absolute Gasteiger partial charge is 0.326 e. The quantitative estimate of drug-likeness (QED) is 0.575. The van der Waals surface area contributed by atoms with Gasteiger partial charge in [-0.15, -0.1) is 0 Å². The predicted octanol–water partition coefficient (Wildman–Crippen LogP) is 4.46. The molecule has 0 aromatic heterocycles. The van der Waals surface area contributed by atoms with Crippen molar-refractivity contribution >= 4 is 23.2 Å². The van der Waals surface area contributed by atoms with E-state index >= 15 is 0 Å². The third-order valence-corrected chi connectivity index (χ3v) is 4.40. The van der Waals surface area contributed by atoms with Crippen molar-refractivity contribution in [3.63, 3.8) is 0 Å². The number of carbonyl (C=O) groups excluding carboxylic acids is 1. The third-order valence-electron chi connectivity index (χ3n) is 3.99. The van der Waals surface area contributed by atoms with Crippen molar-refractivity contribution in [3.8, 4) is 0 Å². The van der Waals surface area contributed by atoms with Crippen molar-refractivity contribution in [3.05, 3.63) is 40.4 Å². The van der Waals surface area contributed by atoms with Gasteiger partial charge in [0.05, 0.1) is 0 Å². The van der Waals surface area contributed by atoms with Crippen LogP contribution in [-0.4, -0.2) is 19.0 Å². The number of nitrogens with one attached hydrogen (secondary N) is 2. The molecular weight excluding hydrogens is 296 g/mol. The van der Waals surface area contributed by atoms with E-state index in [1.54, 1.807) is 11.6 Å². The molecule has 0 bridgehead atoms. The topological polar surface area (TPSA) is 41.1 Å². The molecule has 120 valence electrons. The van der Waals surface area contributed by atoms with E-state index in [-0.39, 0.29) is 5.91 Å². The number of hydrogen-bond donors (Lipinski definition) is 2. The maximum atomic E-state index is 11.9. The lowest BCUT2D eigenvalue weighted by Gasteiger charge is -2.13. The first-order valence-corrected chi connectivity index (χ1v) is 8.47. The van der Waals surface area contributed by atoms with E-state index in [2.05, 4.69) is 16.7 Å². The zero-order valence-corrected chi connectivity index (χ0v) is 14.0. The summed E-state index contributed by atoms with van der Waals surface area (Å²) in [6.45, 7) is 3.60. The number of anilines is 1. The molecule has 0 saturated carbocycles. The zero-order chi connectivity index (χ0) is 15.8. The van der Waals surface area contributed by atoms with E-state index in [0.717, 1.165) is 24.2 Å². The first-order valence-electron chi connectivity index (χ1n) is 8.10. The van der Waals surface area contributed by atoms with Gasteiger partial charge >= 0.3 is 0 Å². The van der Waals surface area contributed by atoms with Crippen LogP contribution in [0.4, 0.5) is 5.69 Å². The molecule has 0 unspecified atom stereocenters. The van der Waals surface area contributed by atoms with Crippen LogP contribution in [0.3, 0.4) is 0 Å². The number of benzene rings is 1. The number of amides is 1. The van der Waals surface area contributed by atoms with Crippen molar-refractivity contribution in [2.24, 2.45) is 0 Å². The molecule has 4 heteroatoms. The Labute approximate surface area is 138 Å². The molecule has 0 heterocycles. The van der Waals surface area contributed by atoms with Crippen LogP contribution < -0.4 is 10.6 Å². The van der Waals surface area contributed by atoms with Gasteiger partial charge in [0.25, 0.3) is 0 Å². The van der Waals surface area contributed by atoms with Crippen LogP contribution in [0.15, 0.2) is 29.8 Å². The average molecular weight is 321 g/mol. The molecule has 0 radical (unpaired) electrons. The smallest absolute Gasteiger partial charge is 0.225 e. The van der Waals surface area contributed by atoms with E-state index in [9.17, 15) is 4.79 Å². The Balaban J connectivity index is 1.61. The third kappa shape index (κ3) is 5.82. The Bertz CT molecular complexity index is 540. The van der Waals surface area contributed by atoms with Gasteiger partial charge < -0.3 is 10.6 Å². The van der Waals surface area contributed by atoms with Gasteiger partial charge in [-0.25, -0.2) is 0 Å². The van der Waals surface area contributed by atoms with Gasteiger partial charge in [-0.05, 0) is 63.3 Å². The molecule has 0 spiro atoms. The summed E-state index contributed by atoms with van der Waals surface area (Å²) in [6, 6.07) is 5.58. The summed E-state index contributed by atoms with van der Waals surface area (Å²) < 4.78 is 0. The monoisotopic (exact) mass is 320 g/mol. The fourth-order valence-corrected chi connectivity index (χ4v) is 2.78. The summed E-state index contributed by atoms with van der Waals surface area (Å²) in [5.74, 6) is 0.0179. The highest BCUT2D eigenvalue weighted by atomic mass is 35.5. The van der Waals surface area contributed by atoms with Crippen molar-refractivity contribution in [2.45, 2.75) is 45.4 Å². The normalized spacial score (nSPS) is 14.5. The van der Waals surface area contributed by atoms with Crippen LogP contribution in [-0.2, 0) is 4.79 Å². The van der Waals surface area contributed by atoms with Crippen LogP contribution in [0.2, 0.25) is 5.02 Å². The van der Waals surface area contributed by atoms with Crippen molar-refractivity contribution in [1.29, 1.82) is 0 Å². The number of allylic oxidation sites excluding steroid dienone is 1. The lowest BCUT2D eigenvalue weighted by molar-refractivity contribution is -0.116. The summed E-state index contributed by atoms with van der Waals surface area (Å²) >= 11 is 6.05. The van der Waals surface area contributed by atoms with Crippen LogP contribution >= 0.6 is 11.6 Å². The van der Waals surface area contributed by atoms with Gasteiger partial charge in [-0.1, -0.05) is 29.3 Å². The molecular formula is C18H25ClN2O. The van der Waals surface area contributed by atoms with E-state index in [4.69, 9.17) is 11.6 Å². The van der Waals surface area contributed by atoms with E-state index in [1.165, 1.54) is 25.7 Å². The van der Waals surface area contributed by atoms with Gasteiger partial charge in [0, 0.05) is 23.7 Å². The molecule has 3 nitrogen and oxygen atoms in total. The lowest BCUT2D eigenvalue weighted by atomic mass is 9.97. The molecule has 1 aliphatic rings. The molecule has 2 rings (SSSR count). The fourth-order valence-electron chi connectivity index (χ4n) is 2.60. The van der Waals surface area contributed by atoms with Crippen LogP contribution in [0.5, 0.6) is 0 Å². The summed E-state index contributed by atoms with van der Waals surface area (Å²) in [7, 11) is 0. The number of hydrogen-bond acceptors (Lipinski definition) is 2. The summed E-state index contributed by atoms with van der Waals surface area (Å²) in [4.78, 5) is 11.9. The predicted molar refractivity (Wildman–Crippen MR) is 93.5 cm³/mol. The van der Waals surface area contributed by atoms with Crippen molar-refractivity contribution in [2.75, 3.05) is 18.4 Å². The molecule has 0 atom stereocenters. The lowest BCUT2D eigenvalue weighted by Crippen LogP contribution is -2.23. The second-order valence-corrected chi connectivity index (χ2v) is 6.28. The summed E-state index contributed by atoms with van der Waals surface area (Å²) in [6.07, 6.45) is 9.10. The fraction of sp³-hybridized carbons (Fsp3) is 0.500. The number of aryl methyl sites for hydroxylation is 1. The minimum absolute atomic E-state index is 0.0179. The minimum Gasteiger partial charge on any atom is -0.326 e. The second kappa shape index (κ2) is 8.96. The molecule has 22 heavy (non-hydrogen) atoms. The van der Waals surface area contributed by atoms with Crippen LogP contribution in [0.1, 0.15) is 44.1 Å². The average Bonchev–Trinajstić information content (AvgIpc) is 2.52. The maximum absolute atomic E-state index is 11.9. The Morgan fingerprint density at radius 1 is 1.27 bits per heavy atom. The number of halogens is 1. The zero-order valence-electron chi connectivity index (χ0n) is 13.3. The number of carbonyl (C=O) groups is 1. The molecule has 1 aromatic rings. The van der Waals surface area contributed by atoms with Crippen LogP contribution in [0, 0.1) is 6.92 Å². The Morgan fingerprint density at radius 2 is 2.14 bits per heavy atom. The first-order chi connectivity index (χ1) is 10.6. The second-order valence-electron chi connectivity index (χ2n) is 5.87. The highest BCUT2D eigenvalue weighted by Crippen LogP contribution is 2.20. The van der Waals surface area contributed by atoms with Crippen LogP contribution in [0.25, 0.3) is 0 Å². The van der Waals surface area contributed by atoms with Gasteiger partial charge in [-0.3, -0.25) is 4.79 Å². The van der Waals surface area contributed by atoms with Gasteiger partial charge in [0.2, 0.25) is 5.91 Å². The number of rotatable bonds is 7. The summed E-state index contributed by atoms with van der Waals surface area (Å²) in [5, 5.41) is 6.90. The van der Waals surface area contributed by atoms with Crippen molar-refractivity contribution < 1.29 is 4.79 Å². The van der Waals surface area contributed by atoms with Crippen molar-refractivity contribution in [1.82, 2.24) is 5.32 Å². The van der Waals surface area contributed by atoms with Gasteiger partial charge in [0.1, 0.15) is 0 Å². The minimum atomic E-state index is 0.0179. The van der Waals surface area contributed by atoms with E-state index in [0.29, 0.717) is 18.0 Å². The highest BCUT2D eigenvalue weighted by molar-refractivity contribution is 6.31.